The van der Waals surface area contributed by atoms with E-state index in [4.69, 9.17) is 5.11 Å². The summed E-state index contributed by atoms with van der Waals surface area (Å²) in [6, 6.07) is 6.45. The van der Waals surface area contributed by atoms with Crippen LogP contribution in [0.1, 0.15) is 24.6 Å². The summed E-state index contributed by atoms with van der Waals surface area (Å²) in [7, 11) is 0. The minimum Gasteiger partial charge on any atom is -0.390 e. The molecule has 0 aliphatic rings. The average molecular weight is 280 g/mol. The summed E-state index contributed by atoms with van der Waals surface area (Å²) in [4.78, 5) is 4.38. The van der Waals surface area contributed by atoms with Gasteiger partial charge in [0.15, 0.2) is 5.16 Å². The maximum absolute atomic E-state index is 12.9. The zero-order valence-electron chi connectivity index (χ0n) is 10.8. The summed E-state index contributed by atoms with van der Waals surface area (Å²) in [5.74, 6) is 0.761. The highest BCUT2D eigenvalue weighted by molar-refractivity contribution is 7.99. The van der Waals surface area contributed by atoms with Crippen LogP contribution in [-0.2, 0) is 13.2 Å². The van der Waals surface area contributed by atoms with Gasteiger partial charge in [0.2, 0.25) is 0 Å². The van der Waals surface area contributed by atoms with Gasteiger partial charge in [0.1, 0.15) is 5.82 Å². The van der Waals surface area contributed by atoms with Crippen LogP contribution in [0.4, 0.5) is 4.39 Å². The summed E-state index contributed by atoms with van der Waals surface area (Å²) >= 11 is 1.67. The molecule has 0 unspecified atom stereocenters. The second-order valence-corrected chi connectivity index (χ2v) is 5.34. The Morgan fingerprint density at radius 2 is 2.05 bits per heavy atom. The van der Waals surface area contributed by atoms with Gasteiger partial charge in [-0.1, -0.05) is 30.8 Å². The first-order chi connectivity index (χ1) is 9.22. The van der Waals surface area contributed by atoms with E-state index in [1.807, 2.05) is 10.8 Å². The summed E-state index contributed by atoms with van der Waals surface area (Å²) in [6.07, 6.45) is 2.92. The molecule has 0 aliphatic carbocycles. The smallest absolute Gasteiger partial charge is 0.168 e. The maximum atomic E-state index is 12.9. The van der Waals surface area contributed by atoms with Crippen LogP contribution in [0.25, 0.3) is 0 Å². The van der Waals surface area contributed by atoms with Gasteiger partial charge in [-0.2, -0.15) is 0 Å². The van der Waals surface area contributed by atoms with Crippen LogP contribution in [0.3, 0.4) is 0 Å². The standard InChI is InChI=1S/C14H17FN2OS/c1-2-7-19-14-16-13(10-18)9-17(14)8-11-3-5-12(15)6-4-11/h3-6,9,18H,2,7-8,10H2,1H3. The molecule has 0 saturated carbocycles. The predicted octanol–water partition coefficient (Wildman–Crippen LogP) is 3.06. The molecule has 0 bridgehead atoms. The van der Waals surface area contributed by atoms with E-state index in [2.05, 4.69) is 11.9 Å². The highest BCUT2D eigenvalue weighted by Gasteiger charge is 2.08. The SMILES string of the molecule is CCCSc1nc(CO)cn1Cc1ccc(F)cc1. The van der Waals surface area contributed by atoms with Crippen molar-refractivity contribution >= 4 is 11.8 Å². The van der Waals surface area contributed by atoms with Gasteiger partial charge in [0, 0.05) is 18.5 Å². The van der Waals surface area contributed by atoms with Crippen LogP contribution in [-0.4, -0.2) is 20.4 Å². The van der Waals surface area contributed by atoms with Crippen molar-refractivity contribution in [1.82, 2.24) is 9.55 Å². The van der Waals surface area contributed by atoms with Crippen LogP contribution < -0.4 is 0 Å². The van der Waals surface area contributed by atoms with E-state index in [9.17, 15) is 4.39 Å². The number of benzene rings is 1. The van der Waals surface area contributed by atoms with Gasteiger partial charge in [-0.05, 0) is 24.1 Å². The van der Waals surface area contributed by atoms with Gasteiger partial charge >= 0.3 is 0 Å². The molecule has 3 nitrogen and oxygen atoms in total. The number of rotatable bonds is 6. The monoisotopic (exact) mass is 280 g/mol. The van der Waals surface area contributed by atoms with Gasteiger partial charge < -0.3 is 9.67 Å². The first-order valence-corrected chi connectivity index (χ1v) is 7.25. The normalized spacial score (nSPS) is 10.9. The van der Waals surface area contributed by atoms with Gasteiger partial charge in [-0.25, -0.2) is 9.37 Å². The molecule has 1 heterocycles. The Morgan fingerprint density at radius 3 is 2.68 bits per heavy atom. The van der Waals surface area contributed by atoms with Gasteiger partial charge in [-0.15, -0.1) is 0 Å². The quantitative estimate of drug-likeness (QED) is 0.826. The largest absolute Gasteiger partial charge is 0.390 e. The van der Waals surface area contributed by atoms with Gasteiger partial charge in [0.05, 0.1) is 12.3 Å². The minimum atomic E-state index is -0.231. The average Bonchev–Trinajstić information content (AvgIpc) is 2.81. The zero-order valence-corrected chi connectivity index (χ0v) is 11.7. The van der Waals surface area contributed by atoms with E-state index in [1.54, 1.807) is 23.9 Å². The molecular weight excluding hydrogens is 263 g/mol. The lowest BCUT2D eigenvalue weighted by Crippen LogP contribution is -2.00. The number of aliphatic hydroxyl groups excluding tert-OH is 1. The summed E-state index contributed by atoms with van der Waals surface area (Å²) in [5, 5.41) is 10.1. The third-order valence-electron chi connectivity index (χ3n) is 2.65. The lowest BCUT2D eigenvalue weighted by molar-refractivity contribution is 0.277. The first kappa shape index (κ1) is 14.1. The van der Waals surface area contributed by atoms with Crippen molar-refractivity contribution in [1.29, 1.82) is 0 Å². The molecular formula is C14H17FN2OS. The number of aromatic nitrogens is 2. The number of halogens is 1. The molecule has 5 heteroatoms. The van der Waals surface area contributed by atoms with Crippen LogP contribution in [0.5, 0.6) is 0 Å². The summed E-state index contributed by atoms with van der Waals surface area (Å²) in [6.45, 7) is 2.70. The van der Waals surface area contributed by atoms with Crippen molar-refractivity contribution in [3.05, 3.63) is 47.5 Å². The number of aliphatic hydroxyl groups is 1. The van der Waals surface area contributed by atoms with Crippen LogP contribution in [0, 0.1) is 5.82 Å². The number of nitrogens with zero attached hydrogens (tertiary/aromatic N) is 2. The molecule has 2 aromatic rings. The topological polar surface area (TPSA) is 38.1 Å². The lowest BCUT2D eigenvalue weighted by atomic mass is 10.2. The van der Waals surface area contributed by atoms with Crippen LogP contribution in [0.15, 0.2) is 35.6 Å². The van der Waals surface area contributed by atoms with E-state index in [0.717, 1.165) is 22.9 Å². The Bertz CT molecular complexity index is 525. The summed E-state index contributed by atoms with van der Waals surface area (Å²) in [5.41, 5.74) is 1.68. The zero-order chi connectivity index (χ0) is 13.7. The van der Waals surface area contributed by atoms with Crippen molar-refractivity contribution in [2.24, 2.45) is 0 Å². The Morgan fingerprint density at radius 1 is 1.32 bits per heavy atom. The first-order valence-electron chi connectivity index (χ1n) is 6.27. The van der Waals surface area contributed by atoms with E-state index >= 15 is 0 Å². The molecule has 1 N–H and O–H groups in total. The fourth-order valence-electron chi connectivity index (χ4n) is 1.74. The number of imidazole rings is 1. The molecule has 102 valence electrons. The molecule has 1 aromatic carbocycles. The fourth-order valence-corrected chi connectivity index (χ4v) is 2.59. The van der Waals surface area contributed by atoms with Crippen molar-refractivity contribution in [3.63, 3.8) is 0 Å². The second kappa shape index (κ2) is 6.73. The Labute approximate surface area is 116 Å². The van der Waals surface area contributed by atoms with E-state index in [-0.39, 0.29) is 12.4 Å². The molecule has 0 aliphatic heterocycles. The summed E-state index contributed by atoms with van der Waals surface area (Å²) < 4.78 is 14.9. The van der Waals surface area contributed by atoms with Crippen molar-refractivity contribution < 1.29 is 9.50 Å². The number of thioether (sulfide) groups is 1. The van der Waals surface area contributed by atoms with Crippen molar-refractivity contribution in [3.8, 4) is 0 Å². The van der Waals surface area contributed by atoms with Crippen LogP contribution >= 0.6 is 11.8 Å². The molecule has 0 atom stereocenters. The van der Waals surface area contributed by atoms with Crippen molar-refractivity contribution in [2.45, 2.75) is 31.7 Å². The molecule has 0 spiro atoms. The van der Waals surface area contributed by atoms with E-state index < -0.39 is 0 Å². The van der Waals surface area contributed by atoms with Crippen molar-refractivity contribution in [2.75, 3.05) is 5.75 Å². The lowest BCUT2D eigenvalue weighted by Gasteiger charge is -2.07. The molecule has 19 heavy (non-hydrogen) atoms. The highest BCUT2D eigenvalue weighted by Crippen LogP contribution is 2.20. The van der Waals surface area contributed by atoms with E-state index in [1.165, 1.54) is 12.1 Å². The Hall–Kier alpha value is -1.33. The second-order valence-electron chi connectivity index (χ2n) is 4.28. The molecule has 2 rings (SSSR count). The fraction of sp³-hybridized carbons (Fsp3) is 0.357. The third-order valence-corrected chi connectivity index (χ3v) is 3.85. The third kappa shape index (κ3) is 3.81. The van der Waals surface area contributed by atoms with Crippen LogP contribution in [0.2, 0.25) is 0 Å². The minimum absolute atomic E-state index is 0.0594. The predicted molar refractivity (Wildman–Crippen MR) is 74.7 cm³/mol. The highest BCUT2D eigenvalue weighted by atomic mass is 32.2. The Kier molecular flexibility index (Phi) is 4.99. The van der Waals surface area contributed by atoms with Gasteiger partial charge in [-0.3, -0.25) is 0 Å². The molecule has 1 aromatic heterocycles. The Balaban J connectivity index is 2.17. The molecule has 0 saturated heterocycles. The van der Waals surface area contributed by atoms with Gasteiger partial charge in [0.25, 0.3) is 0 Å². The molecule has 0 fully saturated rings. The van der Waals surface area contributed by atoms with E-state index in [0.29, 0.717) is 12.2 Å². The maximum Gasteiger partial charge on any atom is 0.168 e. The number of hydrogen-bond donors (Lipinski definition) is 1. The molecule has 0 radical (unpaired) electrons. The molecule has 0 amide bonds. The number of hydrogen-bond acceptors (Lipinski definition) is 3.